The molecular formula is C14H20N4. The van der Waals surface area contributed by atoms with Gasteiger partial charge in [-0.1, -0.05) is 0 Å². The van der Waals surface area contributed by atoms with Crippen LogP contribution in [0.5, 0.6) is 0 Å². The van der Waals surface area contributed by atoms with Crippen LogP contribution in [0.3, 0.4) is 0 Å². The third-order valence-corrected chi connectivity index (χ3v) is 3.85. The van der Waals surface area contributed by atoms with E-state index in [1.165, 1.54) is 31.6 Å². The van der Waals surface area contributed by atoms with Crippen LogP contribution in [0.15, 0.2) is 24.5 Å². The van der Waals surface area contributed by atoms with Gasteiger partial charge in [0.15, 0.2) is 0 Å². The fourth-order valence-electron chi connectivity index (χ4n) is 2.57. The maximum Gasteiger partial charge on any atom is 0.0931 e. The molecule has 0 saturated carbocycles. The maximum atomic E-state index is 4.23. The highest BCUT2D eigenvalue weighted by molar-refractivity contribution is 5.78. The molecule has 0 aliphatic carbocycles. The Balaban J connectivity index is 1.59. The highest BCUT2D eigenvalue weighted by Crippen LogP contribution is 2.19. The summed E-state index contributed by atoms with van der Waals surface area (Å²) in [6, 6.07) is 6.30. The molecule has 1 aliphatic rings. The zero-order chi connectivity index (χ0) is 12.4. The van der Waals surface area contributed by atoms with Crippen LogP contribution < -0.4 is 5.32 Å². The summed E-state index contributed by atoms with van der Waals surface area (Å²) in [6.07, 6.45) is 4.34. The van der Waals surface area contributed by atoms with Crippen LogP contribution in [0.4, 0.5) is 5.69 Å². The van der Waals surface area contributed by atoms with E-state index in [4.69, 9.17) is 0 Å². The van der Waals surface area contributed by atoms with E-state index in [-0.39, 0.29) is 0 Å². The van der Waals surface area contributed by atoms with Gasteiger partial charge in [0.25, 0.3) is 0 Å². The largest absolute Gasteiger partial charge is 0.385 e. The van der Waals surface area contributed by atoms with Crippen LogP contribution in [0.2, 0.25) is 0 Å². The first-order valence-corrected chi connectivity index (χ1v) is 6.67. The van der Waals surface area contributed by atoms with Crippen LogP contribution in [0.1, 0.15) is 12.8 Å². The molecule has 3 rings (SSSR count). The lowest BCUT2D eigenvalue weighted by Crippen LogP contribution is -2.32. The third-order valence-electron chi connectivity index (χ3n) is 3.85. The predicted octanol–water partition coefficient (Wildman–Crippen LogP) is 2.32. The summed E-state index contributed by atoms with van der Waals surface area (Å²) in [6.45, 7) is 3.53. The molecule has 0 bridgehead atoms. The van der Waals surface area contributed by atoms with Crippen molar-refractivity contribution in [3.05, 3.63) is 24.5 Å². The average Bonchev–Trinajstić information content (AvgIpc) is 2.85. The number of hydrogen-bond donors (Lipinski definition) is 2. The van der Waals surface area contributed by atoms with E-state index in [1.54, 1.807) is 6.33 Å². The summed E-state index contributed by atoms with van der Waals surface area (Å²) in [4.78, 5) is 9.79. The van der Waals surface area contributed by atoms with Crippen molar-refractivity contribution in [3.63, 3.8) is 0 Å². The second kappa shape index (κ2) is 4.98. The van der Waals surface area contributed by atoms with Crippen LogP contribution in [0.25, 0.3) is 11.0 Å². The minimum Gasteiger partial charge on any atom is -0.385 e. The number of likely N-dealkylation sites (tertiary alicyclic amines) is 1. The van der Waals surface area contributed by atoms with Crippen molar-refractivity contribution in [1.29, 1.82) is 0 Å². The van der Waals surface area contributed by atoms with E-state index < -0.39 is 0 Å². The van der Waals surface area contributed by atoms with E-state index >= 15 is 0 Å². The molecule has 0 atom stereocenters. The van der Waals surface area contributed by atoms with Gasteiger partial charge < -0.3 is 15.2 Å². The molecule has 18 heavy (non-hydrogen) atoms. The number of piperidine rings is 1. The number of nitrogens with one attached hydrogen (secondary N) is 2. The highest BCUT2D eigenvalue weighted by atomic mass is 15.1. The quantitative estimate of drug-likeness (QED) is 0.871. The summed E-state index contributed by atoms with van der Waals surface area (Å²) < 4.78 is 0. The van der Waals surface area contributed by atoms with Gasteiger partial charge in [-0.15, -0.1) is 0 Å². The van der Waals surface area contributed by atoms with Gasteiger partial charge in [0, 0.05) is 12.2 Å². The molecular weight excluding hydrogens is 224 g/mol. The van der Waals surface area contributed by atoms with E-state index in [9.17, 15) is 0 Å². The summed E-state index contributed by atoms with van der Waals surface area (Å²) >= 11 is 0. The fourth-order valence-corrected chi connectivity index (χ4v) is 2.57. The Kier molecular flexibility index (Phi) is 3.19. The number of aromatic amines is 1. The Labute approximate surface area is 107 Å². The third kappa shape index (κ3) is 2.48. The number of fused-ring (bicyclic) bond motifs is 1. The van der Waals surface area contributed by atoms with E-state index in [0.717, 1.165) is 23.5 Å². The molecule has 1 aliphatic heterocycles. The van der Waals surface area contributed by atoms with E-state index in [0.29, 0.717) is 0 Å². The molecule has 0 amide bonds. The Morgan fingerprint density at radius 2 is 2.22 bits per heavy atom. The van der Waals surface area contributed by atoms with Gasteiger partial charge in [0.1, 0.15) is 0 Å². The molecule has 0 radical (unpaired) electrons. The number of anilines is 1. The van der Waals surface area contributed by atoms with Gasteiger partial charge in [-0.3, -0.25) is 0 Å². The molecule has 1 aromatic carbocycles. The molecule has 2 heterocycles. The number of nitrogens with zero attached hydrogens (tertiary/aromatic N) is 2. The van der Waals surface area contributed by atoms with Gasteiger partial charge >= 0.3 is 0 Å². The molecule has 1 aromatic heterocycles. The van der Waals surface area contributed by atoms with Crippen LogP contribution in [-0.2, 0) is 0 Å². The van der Waals surface area contributed by atoms with Gasteiger partial charge in [0.2, 0.25) is 0 Å². The summed E-state index contributed by atoms with van der Waals surface area (Å²) in [5.74, 6) is 0.804. The molecule has 0 spiro atoms. The lowest BCUT2D eigenvalue weighted by Gasteiger charge is -2.29. The number of rotatable bonds is 3. The highest BCUT2D eigenvalue weighted by Gasteiger charge is 2.16. The molecule has 1 saturated heterocycles. The zero-order valence-corrected chi connectivity index (χ0v) is 10.8. The van der Waals surface area contributed by atoms with Crippen LogP contribution in [-0.4, -0.2) is 41.5 Å². The van der Waals surface area contributed by atoms with Gasteiger partial charge in [0.05, 0.1) is 17.4 Å². The monoisotopic (exact) mass is 244 g/mol. The first-order chi connectivity index (χ1) is 8.81. The Bertz CT molecular complexity index is 511. The van der Waals surface area contributed by atoms with Gasteiger partial charge in [-0.25, -0.2) is 4.98 Å². The Morgan fingerprint density at radius 1 is 1.39 bits per heavy atom. The topological polar surface area (TPSA) is 44.0 Å². The molecule has 96 valence electrons. The summed E-state index contributed by atoms with van der Waals surface area (Å²) in [5.41, 5.74) is 3.31. The molecule has 2 aromatic rings. The van der Waals surface area contributed by atoms with Crippen molar-refractivity contribution >= 4 is 16.7 Å². The van der Waals surface area contributed by atoms with Crippen LogP contribution in [0, 0.1) is 5.92 Å². The van der Waals surface area contributed by atoms with E-state index in [1.807, 2.05) is 0 Å². The standard InChI is InChI=1S/C14H20N4/c1-18-6-4-11(5-7-18)9-15-12-2-3-13-14(8-12)17-10-16-13/h2-3,8,10-11,15H,4-7,9H2,1H3,(H,16,17). The minimum atomic E-state index is 0.804. The second-order valence-corrected chi connectivity index (χ2v) is 5.26. The van der Waals surface area contributed by atoms with Crippen molar-refractivity contribution in [3.8, 4) is 0 Å². The lowest BCUT2D eigenvalue weighted by molar-refractivity contribution is 0.226. The van der Waals surface area contributed by atoms with Crippen molar-refractivity contribution in [1.82, 2.24) is 14.9 Å². The van der Waals surface area contributed by atoms with Crippen molar-refractivity contribution in [2.75, 3.05) is 32.0 Å². The molecule has 4 nitrogen and oxygen atoms in total. The smallest absolute Gasteiger partial charge is 0.0931 e. The molecule has 0 unspecified atom stereocenters. The fraction of sp³-hybridized carbons (Fsp3) is 0.500. The number of hydrogen-bond acceptors (Lipinski definition) is 3. The number of H-pyrrole nitrogens is 1. The maximum absolute atomic E-state index is 4.23. The van der Waals surface area contributed by atoms with Crippen molar-refractivity contribution in [2.45, 2.75) is 12.8 Å². The van der Waals surface area contributed by atoms with E-state index in [2.05, 4.69) is 45.4 Å². The van der Waals surface area contributed by atoms with Crippen molar-refractivity contribution < 1.29 is 0 Å². The van der Waals surface area contributed by atoms with Crippen molar-refractivity contribution in [2.24, 2.45) is 5.92 Å². The SMILES string of the molecule is CN1CCC(CNc2ccc3nc[nH]c3c2)CC1. The summed E-state index contributed by atoms with van der Waals surface area (Å²) in [5, 5.41) is 3.54. The van der Waals surface area contributed by atoms with Crippen LogP contribution >= 0.6 is 0 Å². The number of imidazole rings is 1. The Morgan fingerprint density at radius 3 is 3.06 bits per heavy atom. The number of aromatic nitrogens is 2. The molecule has 2 N–H and O–H groups in total. The second-order valence-electron chi connectivity index (χ2n) is 5.26. The molecule has 4 heteroatoms. The minimum absolute atomic E-state index is 0.804. The van der Waals surface area contributed by atoms with Gasteiger partial charge in [-0.2, -0.15) is 0 Å². The summed E-state index contributed by atoms with van der Waals surface area (Å²) in [7, 11) is 2.20. The first-order valence-electron chi connectivity index (χ1n) is 6.67. The zero-order valence-electron chi connectivity index (χ0n) is 10.8. The number of benzene rings is 1. The van der Waals surface area contributed by atoms with Gasteiger partial charge in [-0.05, 0) is 57.1 Å². The molecule has 1 fully saturated rings. The predicted molar refractivity (Wildman–Crippen MR) is 74.8 cm³/mol. The Hall–Kier alpha value is -1.55. The normalized spacial score (nSPS) is 18.3. The average molecular weight is 244 g/mol. The first kappa shape index (κ1) is 11.5. The lowest BCUT2D eigenvalue weighted by atomic mass is 9.97.